The summed E-state index contributed by atoms with van der Waals surface area (Å²) >= 11 is 0. The van der Waals surface area contributed by atoms with Crippen LogP contribution in [-0.4, -0.2) is 10.9 Å². The van der Waals surface area contributed by atoms with Gasteiger partial charge in [0.2, 0.25) is 0 Å². The summed E-state index contributed by atoms with van der Waals surface area (Å²) in [5, 5.41) is 5.74. The van der Waals surface area contributed by atoms with Gasteiger partial charge in [-0.2, -0.15) is 13.2 Å². The molecule has 0 atom stereocenters. The molecule has 1 amide bonds. The van der Waals surface area contributed by atoms with Crippen molar-refractivity contribution >= 4 is 17.3 Å². The van der Waals surface area contributed by atoms with Gasteiger partial charge in [-0.1, -0.05) is 30.3 Å². The number of carbonyl (C=O) groups is 1. The monoisotopic (exact) mass is 371 g/mol. The predicted octanol–water partition coefficient (Wildman–Crippen LogP) is 4.96. The fourth-order valence-corrected chi connectivity index (χ4v) is 2.41. The van der Waals surface area contributed by atoms with E-state index in [1.807, 2.05) is 30.3 Å². The molecule has 0 bridgehead atoms. The minimum atomic E-state index is -4.41. The van der Waals surface area contributed by atoms with Gasteiger partial charge in [0.05, 0.1) is 16.8 Å². The number of amides is 1. The van der Waals surface area contributed by atoms with E-state index < -0.39 is 17.6 Å². The lowest BCUT2D eigenvalue weighted by molar-refractivity contribution is -0.137. The molecule has 0 unspecified atom stereocenters. The normalized spacial score (nSPS) is 11.1. The standard InChI is InChI=1S/C20H16F3N3O/c21-20(22,23)16-6-8-17(9-7-16)26-19(27)15-10-18(13-24-12-15)25-11-14-4-2-1-3-5-14/h1-10,12-13,25H,11H2,(H,26,27). The summed E-state index contributed by atoms with van der Waals surface area (Å²) in [6.07, 6.45) is -1.42. The second-order valence-electron chi connectivity index (χ2n) is 5.83. The zero-order valence-corrected chi connectivity index (χ0v) is 14.1. The number of rotatable bonds is 5. The molecule has 0 saturated heterocycles. The molecular weight excluding hydrogens is 355 g/mol. The van der Waals surface area contributed by atoms with Crippen molar-refractivity contribution in [2.75, 3.05) is 10.6 Å². The molecule has 2 aromatic carbocycles. The fourth-order valence-electron chi connectivity index (χ4n) is 2.41. The molecule has 7 heteroatoms. The smallest absolute Gasteiger partial charge is 0.380 e. The number of alkyl halides is 3. The lowest BCUT2D eigenvalue weighted by atomic mass is 10.2. The Morgan fingerprint density at radius 1 is 0.926 bits per heavy atom. The van der Waals surface area contributed by atoms with Crippen molar-refractivity contribution in [3.8, 4) is 0 Å². The first kappa shape index (κ1) is 18.4. The Bertz CT molecular complexity index is 910. The molecule has 3 aromatic rings. The quantitative estimate of drug-likeness (QED) is 0.666. The van der Waals surface area contributed by atoms with Crippen LogP contribution in [-0.2, 0) is 12.7 Å². The van der Waals surface area contributed by atoms with E-state index in [1.165, 1.54) is 18.3 Å². The first-order valence-electron chi connectivity index (χ1n) is 8.13. The first-order chi connectivity index (χ1) is 12.9. The molecule has 27 heavy (non-hydrogen) atoms. The highest BCUT2D eigenvalue weighted by Gasteiger charge is 2.30. The molecular formula is C20H16F3N3O. The molecule has 0 aliphatic heterocycles. The third-order valence-corrected chi connectivity index (χ3v) is 3.81. The number of hydrogen-bond acceptors (Lipinski definition) is 3. The Balaban J connectivity index is 1.64. The van der Waals surface area contributed by atoms with Crippen LogP contribution in [0.2, 0.25) is 0 Å². The minimum Gasteiger partial charge on any atom is -0.380 e. The Kier molecular flexibility index (Phi) is 5.40. The average molecular weight is 371 g/mol. The largest absolute Gasteiger partial charge is 0.416 e. The Hall–Kier alpha value is -3.35. The molecule has 0 fully saturated rings. The van der Waals surface area contributed by atoms with Crippen LogP contribution < -0.4 is 10.6 Å². The van der Waals surface area contributed by atoms with Crippen LogP contribution in [0.4, 0.5) is 24.5 Å². The van der Waals surface area contributed by atoms with Gasteiger partial charge in [-0.3, -0.25) is 9.78 Å². The van der Waals surface area contributed by atoms with Crippen LogP contribution >= 0.6 is 0 Å². The topological polar surface area (TPSA) is 54.0 Å². The predicted molar refractivity (Wildman–Crippen MR) is 97.4 cm³/mol. The molecule has 2 N–H and O–H groups in total. The molecule has 0 radical (unpaired) electrons. The fraction of sp³-hybridized carbons (Fsp3) is 0.100. The summed E-state index contributed by atoms with van der Waals surface area (Å²) in [4.78, 5) is 16.4. The van der Waals surface area contributed by atoms with Crippen molar-refractivity contribution < 1.29 is 18.0 Å². The summed E-state index contributed by atoms with van der Waals surface area (Å²) in [7, 11) is 0. The maximum absolute atomic E-state index is 12.6. The number of anilines is 2. The van der Waals surface area contributed by atoms with Crippen molar-refractivity contribution in [3.05, 3.63) is 89.7 Å². The van der Waals surface area contributed by atoms with Gasteiger partial charge < -0.3 is 10.6 Å². The third-order valence-electron chi connectivity index (χ3n) is 3.81. The molecule has 3 rings (SSSR count). The summed E-state index contributed by atoms with van der Waals surface area (Å²) in [5.74, 6) is -0.453. The van der Waals surface area contributed by atoms with Gasteiger partial charge in [-0.05, 0) is 35.9 Å². The average Bonchev–Trinajstić information content (AvgIpc) is 2.67. The lowest BCUT2D eigenvalue weighted by Crippen LogP contribution is -2.13. The number of aromatic nitrogens is 1. The molecule has 138 valence electrons. The summed E-state index contributed by atoms with van der Waals surface area (Å²) in [6, 6.07) is 15.6. The number of nitrogens with zero attached hydrogens (tertiary/aromatic N) is 1. The van der Waals surface area contributed by atoms with E-state index in [0.717, 1.165) is 17.7 Å². The Labute approximate surface area is 154 Å². The maximum Gasteiger partial charge on any atom is 0.416 e. The molecule has 0 aliphatic carbocycles. The SMILES string of the molecule is O=C(Nc1ccc(C(F)(F)F)cc1)c1cncc(NCc2ccccc2)c1. The van der Waals surface area contributed by atoms with E-state index >= 15 is 0 Å². The van der Waals surface area contributed by atoms with Gasteiger partial charge in [0.25, 0.3) is 5.91 Å². The van der Waals surface area contributed by atoms with Gasteiger partial charge in [0.15, 0.2) is 0 Å². The number of carbonyl (C=O) groups excluding carboxylic acids is 1. The second-order valence-corrected chi connectivity index (χ2v) is 5.83. The zero-order chi connectivity index (χ0) is 19.3. The van der Waals surface area contributed by atoms with Gasteiger partial charge in [0, 0.05) is 24.6 Å². The van der Waals surface area contributed by atoms with E-state index in [0.29, 0.717) is 17.8 Å². The Morgan fingerprint density at radius 3 is 2.30 bits per heavy atom. The van der Waals surface area contributed by atoms with Crippen LogP contribution in [0.5, 0.6) is 0 Å². The third kappa shape index (κ3) is 5.07. The van der Waals surface area contributed by atoms with Crippen molar-refractivity contribution in [1.82, 2.24) is 4.98 Å². The van der Waals surface area contributed by atoms with Gasteiger partial charge in [-0.25, -0.2) is 0 Å². The van der Waals surface area contributed by atoms with Crippen LogP contribution in [0, 0.1) is 0 Å². The van der Waals surface area contributed by atoms with Gasteiger partial charge in [0.1, 0.15) is 0 Å². The molecule has 0 aliphatic rings. The first-order valence-corrected chi connectivity index (χ1v) is 8.13. The van der Waals surface area contributed by atoms with E-state index in [4.69, 9.17) is 0 Å². The number of benzene rings is 2. The van der Waals surface area contributed by atoms with Crippen LogP contribution in [0.1, 0.15) is 21.5 Å². The van der Waals surface area contributed by atoms with Crippen molar-refractivity contribution in [2.45, 2.75) is 12.7 Å². The van der Waals surface area contributed by atoms with E-state index in [9.17, 15) is 18.0 Å². The number of nitrogens with one attached hydrogen (secondary N) is 2. The highest BCUT2D eigenvalue weighted by atomic mass is 19.4. The number of hydrogen-bond donors (Lipinski definition) is 2. The van der Waals surface area contributed by atoms with E-state index in [2.05, 4.69) is 15.6 Å². The zero-order valence-electron chi connectivity index (χ0n) is 14.1. The van der Waals surface area contributed by atoms with Crippen molar-refractivity contribution in [2.24, 2.45) is 0 Å². The second kappa shape index (κ2) is 7.90. The van der Waals surface area contributed by atoms with Crippen LogP contribution in [0.3, 0.4) is 0 Å². The highest BCUT2D eigenvalue weighted by molar-refractivity contribution is 6.04. The number of pyridine rings is 1. The van der Waals surface area contributed by atoms with Crippen LogP contribution in [0.25, 0.3) is 0 Å². The summed E-state index contributed by atoms with van der Waals surface area (Å²) in [5.41, 5.74) is 1.55. The molecule has 4 nitrogen and oxygen atoms in total. The molecule has 0 saturated carbocycles. The molecule has 0 spiro atoms. The summed E-state index contributed by atoms with van der Waals surface area (Å²) in [6.45, 7) is 0.576. The van der Waals surface area contributed by atoms with Crippen LogP contribution in [0.15, 0.2) is 73.1 Å². The van der Waals surface area contributed by atoms with Crippen molar-refractivity contribution in [3.63, 3.8) is 0 Å². The van der Waals surface area contributed by atoms with Gasteiger partial charge in [-0.15, -0.1) is 0 Å². The van der Waals surface area contributed by atoms with Crippen molar-refractivity contribution in [1.29, 1.82) is 0 Å². The Morgan fingerprint density at radius 2 is 1.63 bits per heavy atom. The lowest BCUT2D eigenvalue weighted by Gasteiger charge is -2.10. The maximum atomic E-state index is 12.6. The summed E-state index contributed by atoms with van der Waals surface area (Å²) < 4.78 is 37.8. The number of halogens is 3. The highest BCUT2D eigenvalue weighted by Crippen LogP contribution is 2.29. The molecule has 1 heterocycles. The van der Waals surface area contributed by atoms with E-state index in [-0.39, 0.29) is 5.69 Å². The van der Waals surface area contributed by atoms with E-state index in [1.54, 1.807) is 12.3 Å². The minimum absolute atomic E-state index is 0.274. The molecule has 1 aromatic heterocycles. The van der Waals surface area contributed by atoms with Gasteiger partial charge >= 0.3 is 6.18 Å².